The van der Waals surface area contributed by atoms with Crippen LogP contribution in [0, 0.1) is 19.8 Å². The Labute approximate surface area is 182 Å². The Bertz CT molecular complexity index is 1090. The van der Waals surface area contributed by atoms with Crippen molar-refractivity contribution < 1.29 is 9.69 Å². The van der Waals surface area contributed by atoms with Gasteiger partial charge in [-0.05, 0) is 37.0 Å². The van der Waals surface area contributed by atoms with Gasteiger partial charge in [0.1, 0.15) is 17.9 Å². The van der Waals surface area contributed by atoms with Gasteiger partial charge in [0.05, 0.1) is 26.2 Å². The molecule has 0 unspecified atom stereocenters. The molecule has 0 atom stereocenters. The third-order valence-electron chi connectivity index (χ3n) is 6.21. The summed E-state index contributed by atoms with van der Waals surface area (Å²) >= 11 is 0. The van der Waals surface area contributed by atoms with Crippen LogP contribution in [-0.4, -0.2) is 47.6 Å². The first-order valence-electron chi connectivity index (χ1n) is 10.9. The molecule has 1 aromatic carbocycles. The van der Waals surface area contributed by atoms with Crippen molar-refractivity contribution in [3.63, 3.8) is 0 Å². The monoisotopic (exact) mass is 428 g/mol. The van der Waals surface area contributed by atoms with Crippen LogP contribution < -0.4 is 26.8 Å². The highest BCUT2D eigenvalue weighted by atomic mass is 16.2. The van der Waals surface area contributed by atoms with Gasteiger partial charge >= 0.3 is 5.69 Å². The molecule has 31 heavy (non-hydrogen) atoms. The Hall–Kier alpha value is -2.87. The van der Waals surface area contributed by atoms with E-state index in [9.17, 15) is 14.4 Å². The maximum Gasteiger partial charge on any atom is 0.332 e. The van der Waals surface area contributed by atoms with E-state index in [-0.39, 0.29) is 29.6 Å². The quantitative estimate of drug-likeness (QED) is 0.631. The van der Waals surface area contributed by atoms with E-state index in [4.69, 9.17) is 5.73 Å². The van der Waals surface area contributed by atoms with Gasteiger partial charge in [-0.3, -0.25) is 18.7 Å². The zero-order chi connectivity index (χ0) is 22.9. The van der Waals surface area contributed by atoms with Crippen LogP contribution in [0.5, 0.6) is 0 Å². The standard InChI is InChI=1S/C23H33N5O3/c1-15(2)13-28-21(24)20(22(30)25(5)23(28)31)19(29)14-26-9-11-27(12-10-26)18-8-6-7-16(3)17(18)4/h6-8,15H,9-14,24H2,1-5H3/p+1. The molecule has 8 heteroatoms. The Morgan fingerprint density at radius 2 is 1.81 bits per heavy atom. The number of ketones is 1. The van der Waals surface area contributed by atoms with Gasteiger partial charge in [0, 0.05) is 19.3 Å². The molecular weight excluding hydrogens is 394 g/mol. The van der Waals surface area contributed by atoms with E-state index in [0.717, 1.165) is 35.6 Å². The number of quaternary nitrogens is 1. The lowest BCUT2D eigenvalue weighted by Crippen LogP contribution is -3.15. The highest BCUT2D eigenvalue weighted by Gasteiger charge is 2.28. The summed E-state index contributed by atoms with van der Waals surface area (Å²) in [6, 6.07) is 6.33. The smallest absolute Gasteiger partial charge is 0.332 e. The second-order valence-electron chi connectivity index (χ2n) is 8.97. The molecule has 2 aromatic rings. The number of carbonyl (C=O) groups is 1. The van der Waals surface area contributed by atoms with Gasteiger partial charge < -0.3 is 15.5 Å². The van der Waals surface area contributed by atoms with E-state index >= 15 is 0 Å². The Kier molecular flexibility index (Phi) is 6.69. The van der Waals surface area contributed by atoms with Crippen molar-refractivity contribution in [2.45, 2.75) is 34.2 Å². The van der Waals surface area contributed by atoms with Gasteiger partial charge in [0.15, 0.2) is 0 Å². The molecule has 0 saturated carbocycles. The zero-order valence-electron chi connectivity index (χ0n) is 19.2. The number of Topliss-reactive ketones (excluding diaryl/α,β-unsaturated/α-hetero) is 1. The van der Waals surface area contributed by atoms with Crippen LogP contribution in [0.2, 0.25) is 0 Å². The maximum absolute atomic E-state index is 13.1. The molecule has 1 fully saturated rings. The van der Waals surface area contributed by atoms with Crippen molar-refractivity contribution in [2.24, 2.45) is 13.0 Å². The third-order valence-corrected chi connectivity index (χ3v) is 6.21. The topological polar surface area (TPSA) is 94.8 Å². The molecule has 2 heterocycles. The zero-order valence-corrected chi connectivity index (χ0v) is 19.2. The molecule has 0 aliphatic carbocycles. The van der Waals surface area contributed by atoms with Crippen molar-refractivity contribution >= 4 is 17.3 Å². The number of benzene rings is 1. The molecule has 8 nitrogen and oxygen atoms in total. The van der Waals surface area contributed by atoms with Crippen LogP contribution in [0.4, 0.5) is 11.5 Å². The van der Waals surface area contributed by atoms with Crippen molar-refractivity contribution in [3.8, 4) is 0 Å². The largest absolute Gasteiger partial charge is 0.384 e. The first-order valence-corrected chi connectivity index (χ1v) is 10.9. The third kappa shape index (κ3) is 4.58. The van der Waals surface area contributed by atoms with Crippen molar-refractivity contribution in [1.29, 1.82) is 0 Å². The molecule has 0 spiro atoms. The average Bonchev–Trinajstić information content (AvgIpc) is 2.72. The minimum atomic E-state index is -0.610. The number of rotatable bonds is 6. The van der Waals surface area contributed by atoms with Gasteiger partial charge in [-0.15, -0.1) is 0 Å². The Morgan fingerprint density at radius 3 is 2.42 bits per heavy atom. The molecular formula is C23H34N5O3+. The second kappa shape index (κ2) is 9.09. The number of aromatic nitrogens is 2. The lowest BCUT2D eigenvalue weighted by Gasteiger charge is -2.34. The predicted octanol–water partition coefficient (Wildman–Crippen LogP) is -0.0102. The van der Waals surface area contributed by atoms with Crippen LogP contribution in [0.3, 0.4) is 0 Å². The Balaban J connectivity index is 1.76. The van der Waals surface area contributed by atoms with Crippen LogP contribution >= 0.6 is 0 Å². The summed E-state index contributed by atoms with van der Waals surface area (Å²) < 4.78 is 2.33. The summed E-state index contributed by atoms with van der Waals surface area (Å²) in [5.41, 5.74) is 8.78. The highest BCUT2D eigenvalue weighted by molar-refractivity contribution is 6.00. The summed E-state index contributed by atoms with van der Waals surface area (Å²) in [6.45, 7) is 12.0. The molecule has 0 amide bonds. The molecule has 3 N–H and O–H groups in total. The minimum Gasteiger partial charge on any atom is -0.384 e. The van der Waals surface area contributed by atoms with Crippen molar-refractivity contribution in [3.05, 3.63) is 55.7 Å². The van der Waals surface area contributed by atoms with Gasteiger partial charge in [0.25, 0.3) is 5.56 Å². The summed E-state index contributed by atoms with van der Waals surface area (Å²) in [5, 5.41) is 0. The van der Waals surface area contributed by atoms with Gasteiger partial charge in [-0.2, -0.15) is 0 Å². The maximum atomic E-state index is 13.1. The first kappa shape index (κ1) is 22.8. The molecule has 1 aromatic heterocycles. The Morgan fingerprint density at radius 1 is 1.16 bits per heavy atom. The number of nitrogen functional groups attached to an aromatic ring is 1. The second-order valence-corrected chi connectivity index (χ2v) is 8.97. The summed E-state index contributed by atoms with van der Waals surface area (Å²) in [7, 11) is 1.40. The van der Waals surface area contributed by atoms with E-state index < -0.39 is 11.2 Å². The minimum absolute atomic E-state index is 0.0137. The lowest BCUT2D eigenvalue weighted by atomic mass is 10.1. The summed E-state index contributed by atoms with van der Waals surface area (Å²) in [6.07, 6.45) is 0. The fourth-order valence-corrected chi connectivity index (χ4v) is 4.22. The number of aryl methyl sites for hydroxylation is 1. The number of nitrogens with zero attached hydrogens (tertiary/aromatic N) is 3. The number of nitrogens with two attached hydrogens (primary N) is 1. The lowest BCUT2D eigenvalue weighted by molar-refractivity contribution is -0.892. The fraction of sp³-hybridized carbons (Fsp3) is 0.522. The number of anilines is 2. The number of hydrogen-bond donors (Lipinski definition) is 2. The molecule has 1 aliphatic heterocycles. The highest BCUT2D eigenvalue weighted by Crippen LogP contribution is 2.22. The van der Waals surface area contributed by atoms with Crippen molar-refractivity contribution in [2.75, 3.05) is 43.4 Å². The molecule has 3 rings (SSSR count). The normalized spacial score (nSPS) is 15.0. The average molecular weight is 429 g/mol. The summed E-state index contributed by atoms with van der Waals surface area (Å²) in [5.74, 6) is -0.157. The fourth-order valence-electron chi connectivity index (χ4n) is 4.22. The van der Waals surface area contributed by atoms with Gasteiger partial charge in [-0.1, -0.05) is 26.0 Å². The molecule has 0 bridgehead atoms. The molecule has 1 saturated heterocycles. The van der Waals surface area contributed by atoms with E-state index in [1.165, 1.54) is 28.4 Å². The molecule has 1 aliphatic rings. The number of hydrogen-bond acceptors (Lipinski definition) is 5. The van der Waals surface area contributed by atoms with Crippen LogP contribution in [-0.2, 0) is 13.6 Å². The summed E-state index contributed by atoms with van der Waals surface area (Å²) in [4.78, 5) is 41.7. The SMILES string of the molecule is Cc1cccc(N2CC[NH+](CC(=O)c3c(N)n(CC(C)C)c(=O)n(C)c3=O)CC2)c1C. The number of carbonyl (C=O) groups excluding carboxylic acids is 1. The van der Waals surface area contributed by atoms with E-state index in [0.29, 0.717) is 6.54 Å². The van der Waals surface area contributed by atoms with E-state index in [1.807, 2.05) is 13.8 Å². The number of nitrogens with one attached hydrogen (secondary N) is 1. The van der Waals surface area contributed by atoms with Gasteiger partial charge in [0.2, 0.25) is 5.78 Å². The molecule has 168 valence electrons. The van der Waals surface area contributed by atoms with Crippen LogP contribution in [0.15, 0.2) is 27.8 Å². The number of piperazine rings is 1. The van der Waals surface area contributed by atoms with Crippen molar-refractivity contribution in [1.82, 2.24) is 9.13 Å². The first-order chi connectivity index (χ1) is 14.6. The predicted molar refractivity (Wildman–Crippen MR) is 123 cm³/mol. The van der Waals surface area contributed by atoms with Crippen LogP contribution in [0.1, 0.15) is 35.3 Å². The van der Waals surface area contributed by atoms with E-state index in [1.54, 1.807) is 0 Å². The molecule has 0 radical (unpaired) electrons. The van der Waals surface area contributed by atoms with E-state index in [2.05, 4.69) is 36.9 Å². The van der Waals surface area contributed by atoms with Crippen LogP contribution in [0.25, 0.3) is 0 Å². The van der Waals surface area contributed by atoms with Gasteiger partial charge in [-0.25, -0.2) is 4.79 Å².